The number of nitrogens with one attached hydrogen (secondary N) is 1. The number of carbonyl (C=O) groups is 1. The van der Waals surface area contributed by atoms with Crippen molar-refractivity contribution in [2.24, 2.45) is 4.40 Å². The van der Waals surface area contributed by atoms with Crippen molar-refractivity contribution in [1.29, 1.82) is 0 Å². The van der Waals surface area contributed by atoms with E-state index in [9.17, 15) is 13.2 Å². The first-order valence-electron chi connectivity index (χ1n) is 7.51. The van der Waals surface area contributed by atoms with Crippen LogP contribution in [0.3, 0.4) is 0 Å². The van der Waals surface area contributed by atoms with Gasteiger partial charge in [-0.3, -0.25) is 9.78 Å². The van der Waals surface area contributed by atoms with Crippen LogP contribution in [0.4, 0.5) is 5.69 Å². The summed E-state index contributed by atoms with van der Waals surface area (Å²) in [6.45, 7) is 5.88. The maximum Gasteiger partial charge on any atom is 0.259 e. The number of amidine groups is 1. The smallest absolute Gasteiger partial charge is 0.259 e. The van der Waals surface area contributed by atoms with Crippen molar-refractivity contribution < 1.29 is 13.2 Å². The average molecular weight is 346 g/mol. The molecule has 1 amide bonds. The molecule has 1 N–H and O–H groups in total. The van der Waals surface area contributed by atoms with Gasteiger partial charge in [-0.2, -0.15) is 0 Å². The Morgan fingerprint density at radius 1 is 1.29 bits per heavy atom. The van der Waals surface area contributed by atoms with Crippen LogP contribution in [0.15, 0.2) is 34.4 Å². The third kappa shape index (κ3) is 3.09. The van der Waals surface area contributed by atoms with Gasteiger partial charge >= 0.3 is 0 Å². The summed E-state index contributed by atoms with van der Waals surface area (Å²) in [5.74, 6) is -0.302. The summed E-state index contributed by atoms with van der Waals surface area (Å²) < 4.78 is 27.3. The number of aromatic nitrogens is 1. The van der Waals surface area contributed by atoms with Crippen LogP contribution in [0.1, 0.15) is 17.0 Å². The predicted molar refractivity (Wildman–Crippen MR) is 92.2 cm³/mol. The Morgan fingerprint density at radius 3 is 2.75 bits per heavy atom. The minimum Gasteiger partial charge on any atom is -0.331 e. The van der Waals surface area contributed by atoms with Gasteiger partial charge in [0, 0.05) is 18.4 Å². The highest BCUT2D eigenvalue weighted by Crippen LogP contribution is 2.23. The van der Waals surface area contributed by atoms with E-state index in [1.807, 2.05) is 26.8 Å². The van der Waals surface area contributed by atoms with Gasteiger partial charge in [0.2, 0.25) is 0 Å². The highest BCUT2D eigenvalue weighted by molar-refractivity contribution is 7.90. The van der Waals surface area contributed by atoms with Crippen LogP contribution in [0.5, 0.6) is 0 Å². The summed E-state index contributed by atoms with van der Waals surface area (Å²) in [4.78, 5) is 18.7. The Bertz CT molecular complexity index is 890. The van der Waals surface area contributed by atoms with Crippen LogP contribution in [0, 0.1) is 20.8 Å². The monoisotopic (exact) mass is 346 g/mol. The molecule has 1 aromatic heterocycles. The lowest BCUT2D eigenvalue weighted by molar-refractivity contribution is -0.112. The van der Waals surface area contributed by atoms with Crippen molar-refractivity contribution in [2.75, 3.05) is 17.6 Å². The van der Waals surface area contributed by atoms with E-state index in [1.165, 1.54) is 0 Å². The third-order valence-electron chi connectivity index (χ3n) is 3.87. The van der Waals surface area contributed by atoms with Gasteiger partial charge in [0.25, 0.3) is 15.9 Å². The van der Waals surface area contributed by atoms with Gasteiger partial charge in [-0.15, -0.1) is 4.40 Å². The second-order valence-electron chi connectivity index (χ2n) is 5.81. The summed E-state index contributed by atoms with van der Waals surface area (Å²) in [5.41, 5.74) is 3.34. The number of anilines is 1. The first-order chi connectivity index (χ1) is 11.3. The largest absolute Gasteiger partial charge is 0.331 e. The van der Waals surface area contributed by atoms with Crippen molar-refractivity contribution >= 4 is 27.5 Å². The van der Waals surface area contributed by atoms with E-state index in [4.69, 9.17) is 0 Å². The molecule has 0 atom stereocenters. The Balaban J connectivity index is 1.94. The van der Waals surface area contributed by atoms with Gasteiger partial charge in [0.1, 0.15) is 0 Å². The van der Waals surface area contributed by atoms with E-state index in [0.29, 0.717) is 11.4 Å². The number of nitrogens with zero attached hydrogens (tertiary/aromatic N) is 3. The lowest BCUT2D eigenvalue weighted by atomic mass is 10.1. The molecule has 0 aromatic carbocycles. The zero-order valence-electron chi connectivity index (χ0n) is 13.7. The van der Waals surface area contributed by atoms with Crippen molar-refractivity contribution in [1.82, 2.24) is 9.88 Å². The second kappa shape index (κ2) is 5.86. The topological polar surface area (TPSA) is 91.7 Å². The third-order valence-corrected chi connectivity index (χ3v) is 5.02. The fraction of sp³-hybridized carbons (Fsp3) is 0.312. The SMILES string of the molecule is Cc1cc(C)c(NC(=O)C2=CC=CN3CCS(=O)(=O)N=C23)c(C)n1. The molecule has 2 aliphatic rings. The van der Waals surface area contributed by atoms with Crippen LogP contribution >= 0.6 is 0 Å². The Labute approximate surface area is 140 Å². The van der Waals surface area contributed by atoms with E-state index in [2.05, 4.69) is 14.7 Å². The quantitative estimate of drug-likeness (QED) is 0.875. The number of pyridine rings is 1. The minimum absolute atomic E-state index is 0.0597. The molecule has 0 spiro atoms. The van der Waals surface area contributed by atoms with Crippen LogP contribution < -0.4 is 5.32 Å². The molecule has 0 radical (unpaired) electrons. The summed E-state index contributed by atoms with van der Waals surface area (Å²) in [6, 6.07) is 1.88. The molecule has 1 aromatic rings. The zero-order valence-corrected chi connectivity index (χ0v) is 14.5. The maximum absolute atomic E-state index is 12.7. The number of hydrogen-bond acceptors (Lipinski definition) is 5. The van der Waals surface area contributed by atoms with Crippen LogP contribution in [-0.4, -0.2) is 42.3 Å². The van der Waals surface area contributed by atoms with Crippen LogP contribution in [0.25, 0.3) is 0 Å². The van der Waals surface area contributed by atoms with Crippen molar-refractivity contribution in [3.05, 3.63) is 46.9 Å². The minimum atomic E-state index is -3.54. The Kier molecular flexibility index (Phi) is 4.00. The van der Waals surface area contributed by atoms with Gasteiger partial charge in [-0.25, -0.2) is 8.42 Å². The molecule has 0 bridgehead atoms. The number of amides is 1. The molecular formula is C16H18N4O3S. The van der Waals surface area contributed by atoms with E-state index < -0.39 is 15.9 Å². The molecule has 0 saturated heterocycles. The van der Waals surface area contributed by atoms with Gasteiger partial charge in [0.15, 0.2) is 5.84 Å². The maximum atomic E-state index is 12.7. The molecule has 7 nitrogen and oxygen atoms in total. The molecule has 3 rings (SSSR count). The molecule has 0 fully saturated rings. The normalized spacial score (nSPS) is 18.5. The number of allylic oxidation sites excluding steroid dienone is 2. The first kappa shape index (κ1) is 16.4. The zero-order chi connectivity index (χ0) is 17.5. The fourth-order valence-electron chi connectivity index (χ4n) is 2.79. The van der Waals surface area contributed by atoms with E-state index in [0.717, 1.165) is 11.3 Å². The highest BCUT2D eigenvalue weighted by atomic mass is 32.2. The molecule has 0 saturated carbocycles. The molecule has 24 heavy (non-hydrogen) atoms. The first-order valence-corrected chi connectivity index (χ1v) is 9.12. The van der Waals surface area contributed by atoms with Crippen LogP contribution in [0.2, 0.25) is 0 Å². The standard InChI is InChI=1S/C16H18N4O3S/c1-10-9-11(2)17-12(3)14(10)18-16(21)13-5-4-6-20-7-8-24(22,23)19-15(13)20/h4-6,9H,7-8H2,1-3H3,(H,18,21). The van der Waals surface area contributed by atoms with E-state index in [-0.39, 0.29) is 23.7 Å². The number of sulfonamides is 1. The van der Waals surface area contributed by atoms with Crippen LogP contribution in [-0.2, 0) is 14.8 Å². The fourth-order valence-corrected chi connectivity index (χ4v) is 3.77. The Morgan fingerprint density at radius 2 is 2.04 bits per heavy atom. The van der Waals surface area contributed by atoms with Crippen molar-refractivity contribution in [3.63, 3.8) is 0 Å². The van der Waals surface area contributed by atoms with E-state index in [1.54, 1.807) is 23.3 Å². The van der Waals surface area contributed by atoms with Crippen molar-refractivity contribution in [3.8, 4) is 0 Å². The predicted octanol–water partition coefficient (Wildman–Crippen LogP) is 1.44. The molecule has 0 aliphatic carbocycles. The summed E-state index contributed by atoms with van der Waals surface area (Å²) in [5, 5.41) is 2.83. The number of hydrogen-bond donors (Lipinski definition) is 1. The van der Waals surface area contributed by atoms with Gasteiger partial charge < -0.3 is 10.2 Å². The highest BCUT2D eigenvalue weighted by Gasteiger charge is 2.30. The summed E-state index contributed by atoms with van der Waals surface area (Å²) in [7, 11) is -3.54. The number of rotatable bonds is 2. The van der Waals surface area contributed by atoms with Gasteiger partial charge in [-0.05, 0) is 44.6 Å². The summed E-state index contributed by atoms with van der Waals surface area (Å²) in [6.07, 6.45) is 4.99. The average Bonchev–Trinajstić information content (AvgIpc) is 2.49. The van der Waals surface area contributed by atoms with Gasteiger partial charge in [0.05, 0.1) is 22.7 Å². The molecule has 0 unspecified atom stereocenters. The molecule has 8 heteroatoms. The second-order valence-corrected chi connectivity index (χ2v) is 7.57. The van der Waals surface area contributed by atoms with Gasteiger partial charge in [-0.1, -0.05) is 0 Å². The molecule has 3 heterocycles. The molecule has 126 valence electrons. The van der Waals surface area contributed by atoms with Crippen molar-refractivity contribution in [2.45, 2.75) is 20.8 Å². The number of aryl methyl sites for hydroxylation is 3. The molecular weight excluding hydrogens is 328 g/mol. The lowest BCUT2D eigenvalue weighted by Gasteiger charge is -2.28. The Hall–Kier alpha value is -2.48. The molecule has 2 aliphatic heterocycles. The lowest BCUT2D eigenvalue weighted by Crippen LogP contribution is -2.41. The van der Waals surface area contributed by atoms with E-state index >= 15 is 0 Å². The number of carbonyl (C=O) groups excluding carboxylic acids is 1. The number of fused-ring (bicyclic) bond motifs is 1. The summed E-state index contributed by atoms with van der Waals surface area (Å²) >= 11 is 0.